The zero-order chi connectivity index (χ0) is 18.6. The number of hydrogen-bond donors (Lipinski definition) is 1. The topological polar surface area (TPSA) is 42.0 Å². The maximum Gasteiger partial charge on any atom is 0.255 e. The lowest BCUT2D eigenvalue weighted by Crippen LogP contribution is -2.12. The Kier molecular flexibility index (Phi) is 5.23. The van der Waals surface area contributed by atoms with Gasteiger partial charge in [-0.15, -0.1) is 11.3 Å². The molecule has 3 nitrogen and oxygen atoms in total. The molecule has 0 bridgehead atoms. The van der Waals surface area contributed by atoms with Crippen LogP contribution in [0.4, 0.5) is 5.69 Å². The fourth-order valence-electron chi connectivity index (χ4n) is 2.72. The molecule has 4 rings (SSSR count). The molecular formula is C22H18N2OS2. The van der Waals surface area contributed by atoms with E-state index in [1.807, 2.05) is 73.7 Å². The predicted octanol–water partition coefficient (Wildman–Crippen LogP) is 6.15. The number of thioether (sulfide) groups is 1. The number of aromatic nitrogens is 1. The number of fused-ring (bicyclic) bond motifs is 1. The lowest BCUT2D eigenvalue weighted by Gasteiger charge is -2.08. The van der Waals surface area contributed by atoms with Crippen LogP contribution in [-0.4, -0.2) is 10.9 Å². The Bertz CT molecular complexity index is 1050. The molecule has 0 spiro atoms. The molecule has 1 heterocycles. The first-order valence-electron chi connectivity index (χ1n) is 8.63. The van der Waals surface area contributed by atoms with Gasteiger partial charge in [0.2, 0.25) is 0 Å². The van der Waals surface area contributed by atoms with E-state index in [-0.39, 0.29) is 5.91 Å². The van der Waals surface area contributed by atoms with E-state index in [4.69, 9.17) is 0 Å². The van der Waals surface area contributed by atoms with E-state index in [1.54, 1.807) is 23.1 Å². The molecule has 0 atom stereocenters. The quantitative estimate of drug-likeness (QED) is 0.416. The van der Waals surface area contributed by atoms with Gasteiger partial charge in [-0.05, 0) is 48.4 Å². The van der Waals surface area contributed by atoms with Crippen LogP contribution < -0.4 is 5.32 Å². The third kappa shape index (κ3) is 4.21. The molecular weight excluding hydrogens is 372 g/mol. The molecule has 0 saturated heterocycles. The van der Waals surface area contributed by atoms with E-state index >= 15 is 0 Å². The number of anilines is 1. The maximum absolute atomic E-state index is 12.4. The van der Waals surface area contributed by atoms with Crippen LogP contribution in [0.1, 0.15) is 21.5 Å². The summed E-state index contributed by atoms with van der Waals surface area (Å²) in [6.07, 6.45) is 0. The maximum atomic E-state index is 12.4. The third-order valence-corrected chi connectivity index (χ3v) is 6.50. The predicted molar refractivity (Wildman–Crippen MR) is 115 cm³/mol. The van der Waals surface area contributed by atoms with E-state index in [0.717, 1.165) is 26.9 Å². The van der Waals surface area contributed by atoms with Gasteiger partial charge in [-0.1, -0.05) is 54.2 Å². The molecule has 0 aliphatic heterocycles. The third-order valence-electron chi connectivity index (χ3n) is 4.25. The minimum Gasteiger partial charge on any atom is -0.322 e. The molecule has 5 heteroatoms. The second-order valence-electron chi connectivity index (χ2n) is 6.20. The second-order valence-corrected chi connectivity index (χ2v) is 8.46. The number of aryl methyl sites for hydroxylation is 1. The summed E-state index contributed by atoms with van der Waals surface area (Å²) in [6.45, 7) is 1.98. The van der Waals surface area contributed by atoms with Crippen LogP contribution in [0.2, 0.25) is 0 Å². The molecule has 3 aromatic carbocycles. The van der Waals surface area contributed by atoms with Crippen molar-refractivity contribution in [2.24, 2.45) is 0 Å². The highest BCUT2D eigenvalue weighted by atomic mass is 32.2. The fraction of sp³-hybridized carbons (Fsp3) is 0.0909. The lowest BCUT2D eigenvalue weighted by molar-refractivity contribution is 0.102. The Morgan fingerprint density at radius 1 is 1.00 bits per heavy atom. The van der Waals surface area contributed by atoms with Crippen molar-refractivity contribution in [1.29, 1.82) is 0 Å². The van der Waals surface area contributed by atoms with Gasteiger partial charge in [0.1, 0.15) is 0 Å². The lowest BCUT2D eigenvalue weighted by atomic mass is 10.1. The normalized spacial score (nSPS) is 10.9. The van der Waals surface area contributed by atoms with Crippen LogP contribution in [0.3, 0.4) is 0 Å². The minimum absolute atomic E-state index is 0.0883. The van der Waals surface area contributed by atoms with Crippen molar-refractivity contribution in [3.63, 3.8) is 0 Å². The molecule has 1 amide bonds. The van der Waals surface area contributed by atoms with Crippen molar-refractivity contribution in [1.82, 2.24) is 4.98 Å². The van der Waals surface area contributed by atoms with E-state index < -0.39 is 0 Å². The highest BCUT2D eigenvalue weighted by molar-refractivity contribution is 8.00. The molecule has 1 aromatic heterocycles. The van der Waals surface area contributed by atoms with Gasteiger partial charge in [0.05, 0.1) is 10.2 Å². The Hall–Kier alpha value is -2.63. The van der Waals surface area contributed by atoms with Crippen LogP contribution in [0.25, 0.3) is 10.2 Å². The van der Waals surface area contributed by atoms with Gasteiger partial charge >= 0.3 is 0 Å². The minimum atomic E-state index is -0.0883. The largest absolute Gasteiger partial charge is 0.322 e. The number of amides is 1. The fourth-order valence-corrected chi connectivity index (χ4v) is 4.74. The summed E-state index contributed by atoms with van der Waals surface area (Å²) < 4.78 is 2.28. The number of carbonyl (C=O) groups excluding carboxylic acids is 1. The average Bonchev–Trinajstić information content (AvgIpc) is 3.11. The van der Waals surface area contributed by atoms with Crippen molar-refractivity contribution >= 4 is 44.9 Å². The van der Waals surface area contributed by atoms with Crippen LogP contribution in [0.15, 0.2) is 77.1 Å². The first-order chi connectivity index (χ1) is 13.2. The molecule has 0 aliphatic carbocycles. The Balaban J connectivity index is 1.39. The Labute approximate surface area is 166 Å². The summed E-state index contributed by atoms with van der Waals surface area (Å²) in [6, 6.07) is 23.7. The summed E-state index contributed by atoms with van der Waals surface area (Å²) in [5.74, 6) is 0.745. The van der Waals surface area contributed by atoms with Gasteiger partial charge in [-0.2, -0.15) is 0 Å². The molecule has 134 valence electrons. The van der Waals surface area contributed by atoms with Gasteiger partial charge in [-0.3, -0.25) is 4.79 Å². The zero-order valence-electron chi connectivity index (χ0n) is 14.8. The number of carbonyl (C=O) groups is 1. The summed E-state index contributed by atoms with van der Waals surface area (Å²) in [5.41, 5.74) is 4.78. The number of rotatable bonds is 5. The van der Waals surface area contributed by atoms with Gasteiger partial charge in [-0.25, -0.2) is 4.98 Å². The van der Waals surface area contributed by atoms with E-state index in [1.165, 1.54) is 10.3 Å². The summed E-state index contributed by atoms with van der Waals surface area (Å²) >= 11 is 3.44. The molecule has 1 N–H and O–H groups in total. The molecule has 0 radical (unpaired) electrons. The number of benzene rings is 3. The summed E-state index contributed by atoms with van der Waals surface area (Å²) in [7, 11) is 0. The van der Waals surface area contributed by atoms with Crippen LogP contribution in [-0.2, 0) is 5.75 Å². The highest BCUT2D eigenvalue weighted by Crippen LogP contribution is 2.31. The van der Waals surface area contributed by atoms with E-state index in [9.17, 15) is 4.79 Å². The summed E-state index contributed by atoms with van der Waals surface area (Å²) in [4.78, 5) is 17.1. The number of nitrogens with one attached hydrogen (secondary N) is 1. The Morgan fingerprint density at radius 3 is 2.52 bits per heavy atom. The standard InChI is InChI=1S/C22H18N2OS2/c1-15-6-2-3-7-18(15)23-21(25)17-12-10-16(11-13-17)14-26-22-24-19-8-4-5-9-20(19)27-22/h2-13H,14H2,1H3,(H,23,25). The SMILES string of the molecule is Cc1ccccc1NC(=O)c1ccc(CSc2nc3ccccc3s2)cc1. The van der Waals surface area contributed by atoms with E-state index in [2.05, 4.69) is 16.4 Å². The van der Waals surface area contributed by atoms with E-state index in [0.29, 0.717) is 5.56 Å². The number of para-hydroxylation sites is 2. The molecule has 0 unspecified atom stereocenters. The molecule has 27 heavy (non-hydrogen) atoms. The van der Waals surface area contributed by atoms with Crippen molar-refractivity contribution in [3.8, 4) is 0 Å². The molecule has 0 fully saturated rings. The molecule has 0 aliphatic rings. The molecule has 0 saturated carbocycles. The highest BCUT2D eigenvalue weighted by Gasteiger charge is 2.08. The first-order valence-corrected chi connectivity index (χ1v) is 10.4. The van der Waals surface area contributed by atoms with Crippen molar-refractivity contribution in [2.75, 3.05) is 5.32 Å². The average molecular weight is 391 g/mol. The molecule has 4 aromatic rings. The van der Waals surface area contributed by atoms with Crippen molar-refractivity contribution in [3.05, 3.63) is 89.5 Å². The van der Waals surface area contributed by atoms with Gasteiger partial charge in [0, 0.05) is 17.0 Å². The van der Waals surface area contributed by atoms with Crippen molar-refractivity contribution in [2.45, 2.75) is 17.0 Å². The Morgan fingerprint density at radius 2 is 1.74 bits per heavy atom. The van der Waals surface area contributed by atoms with Crippen LogP contribution >= 0.6 is 23.1 Å². The van der Waals surface area contributed by atoms with Gasteiger partial charge in [0.25, 0.3) is 5.91 Å². The first kappa shape index (κ1) is 17.8. The van der Waals surface area contributed by atoms with Gasteiger partial charge in [0.15, 0.2) is 4.34 Å². The van der Waals surface area contributed by atoms with Crippen molar-refractivity contribution < 1.29 is 4.79 Å². The number of thiazole rings is 1. The monoisotopic (exact) mass is 390 g/mol. The smallest absolute Gasteiger partial charge is 0.255 e. The number of nitrogens with zero attached hydrogens (tertiary/aromatic N) is 1. The summed E-state index contributed by atoms with van der Waals surface area (Å²) in [5, 5.41) is 2.97. The van der Waals surface area contributed by atoms with Crippen LogP contribution in [0.5, 0.6) is 0 Å². The zero-order valence-corrected chi connectivity index (χ0v) is 16.4. The number of hydrogen-bond acceptors (Lipinski definition) is 4. The van der Waals surface area contributed by atoms with Crippen LogP contribution in [0, 0.1) is 6.92 Å². The van der Waals surface area contributed by atoms with Gasteiger partial charge < -0.3 is 5.32 Å². The second kappa shape index (κ2) is 7.94.